The molecule has 3 heterocycles. The second-order valence-corrected chi connectivity index (χ2v) is 10.2. The number of amides is 1. The second kappa shape index (κ2) is 10.8. The van der Waals surface area contributed by atoms with E-state index in [1.54, 1.807) is 4.90 Å². The van der Waals surface area contributed by atoms with Gasteiger partial charge in [-0.2, -0.15) is 0 Å². The highest BCUT2D eigenvalue weighted by molar-refractivity contribution is 5.81. The molecule has 3 aliphatic rings. The molecule has 1 atom stereocenters. The Morgan fingerprint density at radius 2 is 1.80 bits per heavy atom. The number of β-amino-alcohol motifs (C(OH)–C–C–N with tert-alkyl or cyclic N) is 1. The molecular weight excluding hydrogens is 440 g/mol. The summed E-state index contributed by atoms with van der Waals surface area (Å²) < 4.78 is 4.87. The standard InChI is InChI=1S/C28H36N4O3/c1-2-20-15-29-28(30-16-20)31-13-11-21(12-14-31)19-35-26-9-7-23(8-10-26)22-3-5-24(6-4-22)27(34)32-17-25(33)18-32/h3,7-10,15-16,21,24-25,33H,2,4-6,11-14,17-19H2,1H3/p+1. The number of anilines is 1. The Bertz CT molecular complexity index is 1020. The van der Waals surface area contributed by atoms with E-state index in [1.165, 1.54) is 16.7 Å². The van der Waals surface area contributed by atoms with Gasteiger partial charge in [0.1, 0.15) is 0 Å². The summed E-state index contributed by atoms with van der Waals surface area (Å²) in [4.78, 5) is 25.6. The molecule has 5 rings (SSSR count). The minimum absolute atomic E-state index is 0.0641. The number of aliphatic hydroxyl groups is 2. The third-order valence-corrected chi connectivity index (χ3v) is 7.70. The van der Waals surface area contributed by atoms with Crippen molar-refractivity contribution < 1.29 is 14.6 Å². The van der Waals surface area contributed by atoms with Crippen molar-refractivity contribution in [3.8, 4) is 5.75 Å². The van der Waals surface area contributed by atoms with E-state index in [0.29, 0.717) is 19.0 Å². The van der Waals surface area contributed by atoms with E-state index in [1.807, 2.05) is 12.4 Å². The molecule has 186 valence electrons. The monoisotopic (exact) mass is 477 g/mol. The van der Waals surface area contributed by atoms with Gasteiger partial charge >= 0.3 is 0 Å². The van der Waals surface area contributed by atoms with Gasteiger partial charge in [-0.25, -0.2) is 9.97 Å². The molecule has 0 bridgehead atoms. The first-order chi connectivity index (χ1) is 17.1. The van der Waals surface area contributed by atoms with Crippen LogP contribution in [0.25, 0.3) is 5.57 Å². The zero-order chi connectivity index (χ0) is 24.2. The molecule has 1 aliphatic carbocycles. The minimum Gasteiger partial charge on any atom is -0.582 e. The maximum Gasteiger partial charge on any atom is 0.254 e. The van der Waals surface area contributed by atoms with Crippen LogP contribution in [0.3, 0.4) is 0 Å². The summed E-state index contributed by atoms with van der Waals surface area (Å²) in [5, 5.41) is 9.44. The van der Waals surface area contributed by atoms with Gasteiger partial charge in [0.05, 0.1) is 6.10 Å². The summed E-state index contributed by atoms with van der Waals surface area (Å²) in [6.45, 7) is 5.95. The van der Waals surface area contributed by atoms with E-state index in [4.69, 9.17) is 4.74 Å². The van der Waals surface area contributed by atoms with Gasteiger partial charge in [0, 0.05) is 62.5 Å². The van der Waals surface area contributed by atoms with Crippen molar-refractivity contribution in [3.05, 3.63) is 53.9 Å². The second-order valence-electron chi connectivity index (χ2n) is 10.2. The number of hydrogen-bond acceptors (Lipinski definition) is 5. The van der Waals surface area contributed by atoms with E-state index in [0.717, 1.165) is 69.9 Å². The van der Waals surface area contributed by atoms with Crippen molar-refractivity contribution in [2.24, 2.45) is 11.8 Å². The molecule has 2 fully saturated rings. The lowest BCUT2D eigenvalue weighted by Gasteiger charge is -2.38. The van der Waals surface area contributed by atoms with Crippen molar-refractivity contribution in [2.75, 3.05) is 37.7 Å². The van der Waals surface area contributed by atoms with Crippen molar-refractivity contribution in [2.45, 2.75) is 51.6 Å². The molecule has 2 aliphatic heterocycles. The normalized spacial score (nSPS) is 21.4. The van der Waals surface area contributed by atoms with Gasteiger partial charge in [0.25, 0.3) is 5.75 Å². The predicted octanol–water partition coefficient (Wildman–Crippen LogP) is 3.58. The fraction of sp³-hybridized carbons (Fsp3) is 0.536. The Labute approximate surface area is 207 Å². The molecule has 1 aromatic heterocycles. The number of likely N-dealkylation sites (tertiary alicyclic amines) is 1. The van der Waals surface area contributed by atoms with Crippen LogP contribution in [0.15, 0.2) is 42.7 Å². The highest BCUT2D eigenvalue weighted by atomic mass is 16.5. The first-order valence-corrected chi connectivity index (χ1v) is 13.1. The molecule has 2 aromatic rings. The highest BCUT2D eigenvalue weighted by Gasteiger charge is 2.33. The van der Waals surface area contributed by atoms with Crippen molar-refractivity contribution >= 4 is 17.4 Å². The third kappa shape index (κ3) is 5.67. The largest absolute Gasteiger partial charge is 0.582 e. The van der Waals surface area contributed by atoms with Crippen LogP contribution in [0.1, 0.15) is 50.2 Å². The number of hydrogen-bond donors (Lipinski definition) is 1. The summed E-state index contributed by atoms with van der Waals surface area (Å²) in [6.07, 6.45) is 11.6. The van der Waals surface area contributed by atoms with E-state index in [-0.39, 0.29) is 17.9 Å². The van der Waals surface area contributed by atoms with Gasteiger partial charge in [-0.05, 0) is 67.4 Å². The summed E-state index contributed by atoms with van der Waals surface area (Å²) in [7, 11) is 0. The average Bonchev–Trinajstić information content (AvgIpc) is 2.90. The Hall–Kier alpha value is -2.93. The molecule has 35 heavy (non-hydrogen) atoms. The van der Waals surface area contributed by atoms with E-state index in [2.05, 4.69) is 52.1 Å². The van der Waals surface area contributed by atoms with Crippen LogP contribution in [0.4, 0.5) is 5.95 Å². The Kier molecular flexibility index (Phi) is 7.32. The SMILES string of the molecule is CCc1cnc(N2CCC(C[OH+]c3ccc(C4=CCC(C(=O)N5CC(O)C5)CC4)cc3)CC2)nc1. The fourth-order valence-electron chi connectivity index (χ4n) is 5.24. The Morgan fingerprint density at radius 3 is 2.40 bits per heavy atom. The fourth-order valence-corrected chi connectivity index (χ4v) is 5.24. The van der Waals surface area contributed by atoms with Gasteiger partial charge in [0.2, 0.25) is 11.9 Å². The summed E-state index contributed by atoms with van der Waals surface area (Å²) in [5.74, 6) is 2.75. The summed E-state index contributed by atoms with van der Waals surface area (Å²) >= 11 is 0. The van der Waals surface area contributed by atoms with Crippen molar-refractivity contribution in [3.63, 3.8) is 0 Å². The van der Waals surface area contributed by atoms with Crippen molar-refractivity contribution in [1.82, 2.24) is 14.9 Å². The molecule has 1 aromatic carbocycles. The Balaban J connectivity index is 1.06. The number of aryl methyl sites for hydroxylation is 1. The van der Waals surface area contributed by atoms with Gasteiger partial charge in [-0.15, -0.1) is 0 Å². The number of aromatic hydroxyl groups is 1. The van der Waals surface area contributed by atoms with E-state index >= 15 is 0 Å². The number of aliphatic hydroxyl groups excluding tert-OH is 1. The zero-order valence-electron chi connectivity index (χ0n) is 20.6. The summed E-state index contributed by atoms with van der Waals surface area (Å²) in [5.41, 5.74) is 3.73. The molecule has 7 heteroatoms. The zero-order valence-corrected chi connectivity index (χ0v) is 20.6. The van der Waals surface area contributed by atoms with Gasteiger partial charge in [0.15, 0.2) is 6.61 Å². The molecule has 1 amide bonds. The minimum atomic E-state index is -0.330. The number of nitrogens with zero attached hydrogens (tertiary/aromatic N) is 4. The molecule has 2 N–H and O–H groups in total. The van der Waals surface area contributed by atoms with Gasteiger partial charge in [-0.1, -0.05) is 13.0 Å². The number of benzene rings is 1. The van der Waals surface area contributed by atoms with Crippen LogP contribution >= 0.6 is 0 Å². The van der Waals surface area contributed by atoms with Crippen molar-refractivity contribution in [1.29, 1.82) is 0 Å². The van der Waals surface area contributed by atoms with Gasteiger partial charge in [-0.3, -0.25) is 4.79 Å². The van der Waals surface area contributed by atoms with E-state index < -0.39 is 0 Å². The molecular formula is C28H37N4O3+. The summed E-state index contributed by atoms with van der Waals surface area (Å²) in [6, 6.07) is 8.57. The van der Waals surface area contributed by atoms with Gasteiger partial charge < -0.3 is 19.6 Å². The average molecular weight is 478 g/mol. The lowest BCUT2D eigenvalue weighted by atomic mass is 9.85. The number of carbonyl (C=O) groups is 1. The number of allylic oxidation sites excluding steroid dienone is 2. The Morgan fingerprint density at radius 1 is 1.09 bits per heavy atom. The van der Waals surface area contributed by atoms with Crippen LogP contribution in [0.2, 0.25) is 0 Å². The highest BCUT2D eigenvalue weighted by Crippen LogP contribution is 2.33. The molecule has 0 spiro atoms. The van der Waals surface area contributed by atoms with Crippen LogP contribution in [-0.2, 0) is 11.2 Å². The van der Waals surface area contributed by atoms with E-state index in [9.17, 15) is 9.90 Å². The number of piperidine rings is 1. The predicted molar refractivity (Wildman–Crippen MR) is 137 cm³/mol. The smallest absolute Gasteiger partial charge is 0.254 e. The van der Waals surface area contributed by atoms with Crippen LogP contribution in [-0.4, -0.2) is 69.5 Å². The number of rotatable bonds is 7. The molecule has 0 radical (unpaired) electrons. The quantitative estimate of drug-likeness (QED) is 0.617. The lowest BCUT2D eigenvalue weighted by Crippen LogP contribution is -2.55. The molecule has 7 nitrogen and oxygen atoms in total. The first kappa shape index (κ1) is 23.8. The number of carbonyl (C=O) groups excluding carboxylic acids is 1. The number of aromatic nitrogens is 2. The number of ether oxygens (including phenoxy) is 1. The first-order valence-electron chi connectivity index (χ1n) is 13.1. The van der Waals surface area contributed by atoms with Crippen LogP contribution < -0.4 is 4.90 Å². The van der Waals surface area contributed by atoms with Crippen LogP contribution in [0.5, 0.6) is 5.75 Å². The third-order valence-electron chi connectivity index (χ3n) is 7.70. The maximum absolute atomic E-state index is 12.5. The maximum atomic E-state index is 12.5. The van der Waals surface area contributed by atoms with Crippen LogP contribution in [0, 0.1) is 11.8 Å². The lowest BCUT2D eigenvalue weighted by molar-refractivity contribution is -0.145. The molecule has 1 unspecified atom stereocenters. The topological polar surface area (TPSA) is 82.4 Å². The molecule has 2 saturated heterocycles. The molecule has 0 saturated carbocycles.